The van der Waals surface area contributed by atoms with E-state index in [4.69, 9.17) is 21.8 Å². The minimum atomic E-state index is 0.309. The number of thioether (sulfide) groups is 1. The van der Waals surface area contributed by atoms with Gasteiger partial charge in [-0.2, -0.15) is 10.2 Å². The van der Waals surface area contributed by atoms with Crippen molar-refractivity contribution < 1.29 is 0 Å². The molecule has 0 unspecified atom stereocenters. The predicted octanol–water partition coefficient (Wildman–Crippen LogP) is 7.43. The standard InChI is InChI=1S/C27H26ClN5S/c1-17(2)26-19(4)33(24-13-14-25(28)29-18(24)3)31-27(26)21-11-8-12-23-22(21)15-32(30-23)16-34-20-9-6-5-7-10-20/h5-15,17H,16H2,1-4H3. The second-order valence-electron chi connectivity index (χ2n) is 8.65. The first-order valence-electron chi connectivity index (χ1n) is 11.3. The van der Waals surface area contributed by atoms with E-state index in [2.05, 4.69) is 74.4 Å². The highest BCUT2D eigenvalue weighted by Crippen LogP contribution is 2.36. The van der Waals surface area contributed by atoms with Crippen molar-refractivity contribution in [2.45, 2.75) is 44.4 Å². The van der Waals surface area contributed by atoms with Crippen LogP contribution in [0.25, 0.3) is 27.8 Å². The summed E-state index contributed by atoms with van der Waals surface area (Å²) >= 11 is 7.88. The fourth-order valence-electron chi connectivity index (χ4n) is 4.41. The summed E-state index contributed by atoms with van der Waals surface area (Å²) in [4.78, 5) is 5.66. The van der Waals surface area contributed by atoms with Crippen LogP contribution in [0.1, 0.15) is 36.7 Å². The molecule has 0 amide bonds. The molecule has 0 N–H and O–H groups in total. The van der Waals surface area contributed by atoms with E-state index in [1.54, 1.807) is 11.8 Å². The molecule has 2 aromatic carbocycles. The van der Waals surface area contributed by atoms with Gasteiger partial charge in [-0.15, -0.1) is 11.8 Å². The van der Waals surface area contributed by atoms with Crippen molar-refractivity contribution in [2.75, 3.05) is 0 Å². The van der Waals surface area contributed by atoms with Gasteiger partial charge in [0, 0.05) is 33.3 Å². The number of halogens is 1. The maximum atomic E-state index is 6.11. The second kappa shape index (κ2) is 9.28. The van der Waals surface area contributed by atoms with Crippen molar-refractivity contribution in [1.29, 1.82) is 0 Å². The van der Waals surface area contributed by atoms with E-state index in [9.17, 15) is 0 Å². The molecule has 0 saturated heterocycles. The van der Waals surface area contributed by atoms with Crippen molar-refractivity contribution in [2.24, 2.45) is 0 Å². The summed E-state index contributed by atoms with van der Waals surface area (Å²) in [7, 11) is 0. The molecule has 5 aromatic rings. The molecule has 3 aromatic heterocycles. The van der Waals surface area contributed by atoms with Crippen LogP contribution in [0.4, 0.5) is 0 Å². The SMILES string of the molecule is Cc1nc(Cl)ccc1-n1nc(-c2cccc3nn(CSc4ccccc4)cc23)c(C(C)C)c1C. The van der Waals surface area contributed by atoms with Crippen LogP contribution in [0.2, 0.25) is 5.15 Å². The predicted molar refractivity (Wildman–Crippen MR) is 141 cm³/mol. The van der Waals surface area contributed by atoms with Gasteiger partial charge in [0.05, 0.1) is 28.5 Å². The zero-order valence-electron chi connectivity index (χ0n) is 19.7. The van der Waals surface area contributed by atoms with Gasteiger partial charge in [-0.1, -0.05) is 55.8 Å². The van der Waals surface area contributed by atoms with Gasteiger partial charge in [0.2, 0.25) is 0 Å². The second-order valence-corrected chi connectivity index (χ2v) is 10.1. The first kappa shape index (κ1) is 22.7. The summed E-state index contributed by atoms with van der Waals surface area (Å²) < 4.78 is 4.01. The Morgan fingerprint density at radius 2 is 1.74 bits per heavy atom. The van der Waals surface area contributed by atoms with Gasteiger partial charge in [-0.25, -0.2) is 9.67 Å². The van der Waals surface area contributed by atoms with Gasteiger partial charge in [-0.05, 0) is 50.1 Å². The molecule has 0 saturated carbocycles. The van der Waals surface area contributed by atoms with Crippen LogP contribution < -0.4 is 0 Å². The molecular formula is C27H26ClN5S. The Hall–Kier alpha value is -3.09. The highest BCUT2D eigenvalue weighted by Gasteiger charge is 2.22. The van der Waals surface area contributed by atoms with Crippen LogP contribution in [-0.4, -0.2) is 24.5 Å². The summed E-state index contributed by atoms with van der Waals surface area (Å²) in [5, 5.41) is 11.5. The molecule has 0 aliphatic carbocycles. The number of hydrogen-bond donors (Lipinski definition) is 0. The van der Waals surface area contributed by atoms with Crippen LogP contribution in [-0.2, 0) is 5.88 Å². The van der Waals surface area contributed by atoms with Crippen molar-refractivity contribution in [3.05, 3.63) is 89.0 Å². The Bertz CT molecular complexity index is 1470. The Kier molecular flexibility index (Phi) is 6.19. The Labute approximate surface area is 208 Å². The molecule has 34 heavy (non-hydrogen) atoms. The number of pyridine rings is 1. The van der Waals surface area contributed by atoms with Crippen molar-refractivity contribution in [3.8, 4) is 16.9 Å². The molecule has 172 valence electrons. The van der Waals surface area contributed by atoms with Crippen LogP contribution >= 0.6 is 23.4 Å². The largest absolute Gasteiger partial charge is 0.261 e. The van der Waals surface area contributed by atoms with Gasteiger partial charge in [0.15, 0.2) is 0 Å². The molecule has 0 aliphatic rings. The third kappa shape index (κ3) is 4.24. The smallest absolute Gasteiger partial charge is 0.129 e. The van der Waals surface area contributed by atoms with E-state index in [0.717, 1.165) is 45.1 Å². The van der Waals surface area contributed by atoms with E-state index in [1.807, 2.05) is 34.5 Å². The number of aryl methyl sites for hydroxylation is 1. The van der Waals surface area contributed by atoms with E-state index < -0.39 is 0 Å². The number of benzene rings is 2. The maximum Gasteiger partial charge on any atom is 0.129 e. The quantitative estimate of drug-likeness (QED) is 0.184. The summed E-state index contributed by atoms with van der Waals surface area (Å²) in [5.74, 6) is 1.06. The van der Waals surface area contributed by atoms with Crippen molar-refractivity contribution in [3.63, 3.8) is 0 Å². The van der Waals surface area contributed by atoms with E-state index in [-0.39, 0.29) is 0 Å². The molecule has 0 aliphatic heterocycles. The normalized spacial score (nSPS) is 11.6. The molecule has 0 bridgehead atoms. The maximum absolute atomic E-state index is 6.11. The van der Waals surface area contributed by atoms with E-state index in [0.29, 0.717) is 11.1 Å². The Morgan fingerprint density at radius 1 is 0.941 bits per heavy atom. The van der Waals surface area contributed by atoms with Gasteiger partial charge in [-0.3, -0.25) is 4.68 Å². The van der Waals surface area contributed by atoms with E-state index in [1.165, 1.54) is 10.5 Å². The number of rotatable bonds is 6. The molecule has 0 fully saturated rings. The lowest BCUT2D eigenvalue weighted by molar-refractivity contribution is 0.762. The highest BCUT2D eigenvalue weighted by atomic mass is 35.5. The van der Waals surface area contributed by atoms with E-state index >= 15 is 0 Å². The Morgan fingerprint density at radius 3 is 2.47 bits per heavy atom. The summed E-state index contributed by atoms with van der Waals surface area (Å²) in [5.41, 5.74) is 7.19. The third-order valence-electron chi connectivity index (χ3n) is 5.95. The zero-order valence-corrected chi connectivity index (χ0v) is 21.2. The lowest BCUT2D eigenvalue weighted by Gasteiger charge is -2.10. The molecule has 3 heterocycles. The van der Waals surface area contributed by atoms with Crippen molar-refractivity contribution >= 4 is 34.3 Å². The Balaban J connectivity index is 1.59. The van der Waals surface area contributed by atoms with Crippen LogP contribution in [0.15, 0.2) is 71.8 Å². The number of fused-ring (bicyclic) bond motifs is 1. The molecular weight excluding hydrogens is 462 g/mol. The third-order valence-corrected chi connectivity index (χ3v) is 7.16. The van der Waals surface area contributed by atoms with Gasteiger partial charge < -0.3 is 0 Å². The summed E-state index contributed by atoms with van der Waals surface area (Å²) in [6.45, 7) is 8.52. The number of hydrogen-bond acceptors (Lipinski definition) is 4. The molecule has 0 spiro atoms. The molecule has 7 heteroatoms. The lowest BCUT2D eigenvalue weighted by Crippen LogP contribution is -2.03. The van der Waals surface area contributed by atoms with Crippen LogP contribution in [0.5, 0.6) is 0 Å². The minimum absolute atomic E-state index is 0.309. The molecule has 0 radical (unpaired) electrons. The first-order chi connectivity index (χ1) is 16.4. The summed E-state index contributed by atoms with van der Waals surface area (Å²) in [6, 6.07) is 20.5. The van der Waals surface area contributed by atoms with Crippen molar-refractivity contribution in [1.82, 2.24) is 24.5 Å². The van der Waals surface area contributed by atoms with Gasteiger partial charge >= 0.3 is 0 Å². The fourth-order valence-corrected chi connectivity index (χ4v) is 5.36. The van der Waals surface area contributed by atoms with Gasteiger partial charge in [0.25, 0.3) is 0 Å². The molecule has 5 rings (SSSR count). The monoisotopic (exact) mass is 487 g/mol. The fraction of sp³-hybridized carbons (Fsp3) is 0.222. The molecule has 0 atom stereocenters. The summed E-state index contributed by atoms with van der Waals surface area (Å²) in [6.07, 6.45) is 2.13. The number of nitrogens with zero attached hydrogens (tertiary/aromatic N) is 5. The van der Waals surface area contributed by atoms with Crippen LogP contribution in [0.3, 0.4) is 0 Å². The highest BCUT2D eigenvalue weighted by molar-refractivity contribution is 7.98. The van der Waals surface area contributed by atoms with Gasteiger partial charge in [0.1, 0.15) is 5.15 Å². The average molecular weight is 488 g/mol. The average Bonchev–Trinajstić information content (AvgIpc) is 3.39. The first-order valence-corrected chi connectivity index (χ1v) is 12.7. The topological polar surface area (TPSA) is 48.5 Å². The zero-order chi connectivity index (χ0) is 23.8. The lowest BCUT2D eigenvalue weighted by atomic mass is 9.95. The van der Waals surface area contributed by atoms with Crippen LogP contribution in [0, 0.1) is 13.8 Å². The minimum Gasteiger partial charge on any atom is -0.261 e. The number of aromatic nitrogens is 5. The molecule has 5 nitrogen and oxygen atoms in total.